The van der Waals surface area contributed by atoms with Gasteiger partial charge in [0.25, 0.3) is 5.91 Å². The summed E-state index contributed by atoms with van der Waals surface area (Å²) in [5.74, 6) is 0.189. The zero-order valence-corrected chi connectivity index (χ0v) is 34.1. The highest BCUT2D eigenvalue weighted by Gasteiger charge is 2.39. The Balaban J connectivity index is 1.64. The maximum absolute atomic E-state index is 14.9. The summed E-state index contributed by atoms with van der Waals surface area (Å²) in [4.78, 5) is 43.4. The molecule has 284 valence electrons. The molecular weight excluding hydrogens is 701 g/mol. The van der Waals surface area contributed by atoms with Crippen molar-refractivity contribution in [3.63, 3.8) is 0 Å². The summed E-state index contributed by atoms with van der Waals surface area (Å²) in [7, 11) is 1.19. The number of ether oxygens (including phenoxy) is 2. The largest absolute Gasteiger partial charge is 0.544 e. The van der Waals surface area contributed by atoms with Crippen molar-refractivity contribution in [2.75, 3.05) is 18.6 Å². The Morgan fingerprint density at radius 1 is 0.907 bits per heavy atom. The lowest BCUT2D eigenvalue weighted by Crippen LogP contribution is -2.43. The smallest absolute Gasteiger partial charge is 0.407 e. The van der Waals surface area contributed by atoms with Crippen LogP contribution in [0.15, 0.2) is 60.7 Å². The summed E-state index contributed by atoms with van der Waals surface area (Å²) in [5.41, 5.74) is 4.67. The average molecular weight is 751 g/mol. The molecule has 3 aromatic carbocycles. The SMILES string of the molecule is COc1ccc(N(C(=O)c2cc(-c3cc4c(cc3C(=O)OC(C)(C)C)CN(C(=O)O)CC4)n(C)c2C)c2ccc(O[Si](C)(C)C(C)(C)C)cc2)cc1C#N. The molecule has 1 aliphatic rings. The molecule has 5 rings (SSSR count). The van der Waals surface area contributed by atoms with Crippen molar-refractivity contribution in [1.82, 2.24) is 9.47 Å². The molecule has 2 amide bonds. The van der Waals surface area contributed by atoms with Gasteiger partial charge in [-0.1, -0.05) is 20.8 Å². The molecule has 1 N–H and O–H groups in total. The molecule has 0 unspecified atom stereocenters. The number of fused-ring (bicyclic) bond motifs is 1. The maximum atomic E-state index is 14.9. The van der Waals surface area contributed by atoms with E-state index >= 15 is 0 Å². The number of carbonyl (C=O) groups excluding carboxylic acids is 2. The van der Waals surface area contributed by atoms with Gasteiger partial charge in [-0.15, -0.1) is 0 Å². The Morgan fingerprint density at radius 2 is 1.56 bits per heavy atom. The standard InChI is InChI=1S/C42H50N4O7Si/c1-26-33(23-36(44(26)8)34-21-27-18-19-45(40(49)50)25-29(27)22-35(34)39(48)52-41(2,3)4)38(47)46(31-14-17-37(51-9)28(20-31)24-43)30-12-15-32(16-13-30)53-54(10,11)42(5,6)7/h12-17,20-23H,18-19,25H2,1-11H3,(H,49,50). The third-order valence-electron chi connectivity index (χ3n) is 10.3. The molecule has 0 aliphatic carbocycles. The number of carboxylic acid groups (broad SMARTS) is 1. The topological polar surface area (TPSA) is 134 Å². The highest BCUT2D eigenvalue weighted by atomic mass is 28.4. The van der Waals surface area contributed by atoms with Gasteiger partial charge < -0.3 is 28.5 Å². The zero-order chi connectivity index (χ0) is 39.9. The minimum atomic E-state index is -2.13. The third-order valence-corrected chi connectivity index (χ3v) is 14.7. The number of hydrogen-bond acceptors (Lipinski definition) is 7. The molecule has 4 aromatic rings. The summed E-state index contributed by atoms with van der Waals surface area (Å²) < 4.78 is 19.6. The van der Waals surface area contributed by atoms with Crippen molar-refractivity contribution in [1.29, 1.82) is 5.26 Å². The molecule has 0 spiro atoms. The van der Waals surface area contributed by atoms with Crippen LogP contribution in [0.1, 0.15) is 84.6 Å². The van der Waals surface area contributed by atoms with Crippen LogP contribution in [0.25, 0.3) is 11.3 Å². The average Bonchev–Trinajstić information content (AvgIpc) is 3.39. The summed E-state index contributed by atoms with van der Waals surface area (Å²) >= 11 is 0. The predicted octanol–water partition coefficient (Wildman–Crippen LogP) is 9.23. The molecule has 0 radical (unpaired) electrons. The van der Waals surface area contributed by atoms with E-state index < -0.39 is 26.0 Å². The van der Waals surface area contributed by atoms with Crippen molar-refractivity contribution >= 4 is 37.7 Å². The molecule has 1 aromatic heterocycles. The van der Waals surface area contributed by atoms with Gasteiger partial charge in [0, 0.05) is 42.8 Å². The lowest BCUT2D eigenvalue weighted by Gasteiger charge is -2.36. The first-order valence-corrected chi connectivity index (χ1v) is 20.8. The van der Waals surface area contributed by atoms with Gasteiger partial charge >= 0.3 is 12.1 Å². The van der Waals surface area contributed by atoms with E-state index in [2.05, 4.69) is 39.9 Å². The Bertz CT molecular complexity index is 2150. The van der Waals surface area contributed by atoms with Crippen LogP contribution in [0.2, 0.25) is 18.1 Å². The number of amides is 2. The van der Waals surface area contributed by atoms with E-state index in [0.29, 0.717) is 58.4 Å². The number of esters is 1. The van der Waals surface area contributed by atoms with Gasteiger partial charge in [0.15, 0.2) is 0 Å². The molecule has 1 aliphatic heterocycles. The quantitative estimate of drug-likeness (QED) is 0.139. The van der Waals surface area contributed by atoms with Gasteiger partial charge in [0.05, 0.1) is 29.5 Å². The second-order valence-corrected chi connectivity index (χ2v) is 20.9. The highest BCUT2D eigenvalue weighted by Crippen LogP contribution is 2.40. The van der Waals surface area contributed by atoms with Gasteiger partial charge in [0.2, 0.25) is 8.32 Å². The van der Waals surface area contributed by atoms with Crippen LogP contribution < -0.4 is 14.1 Å². The predicted molar refractivity (Wildman–Crippen MR) is 211 cm³/mol. The van der Waals surface area contributed by atoms with Crippen molar-refractivity contribution in [3.8, 4) is 28.8 Å². The number of methoxy groups -OCH3 is 1. The Morgan fingerprint density at radius 3 is 2.13 bits per heavy atom. The van der Waals surface area contributed by atoms with E-state index in [9.17, 15) is 24.8 Å². The van der Waals surface area contributed by atoms with Crippen molar-refractivity contribution < 1.29 is 33.4 Å². The normalized spacial score (nSPS) is 13.1. The Hall–Kier alpha value is -5.54. The van der Waals surface area contributed by atoms with Gasteiger partial charge in [0.1, 0.15) is 23.2 Å². The first-order valence-electron chi connectivity index (χ1n) is 17.9. The van der Waals surface area contributed by atoms with E-state index in [0.717, 1.165) is 11.1 Å². The number of nitrogens with zero attached hydrogens (tertiary/aromatic N) is 4. The summed E-state index contributed by atoms with van der Waals surface area (Å²) in [6, 6.07) is 20.0. The molecule has 0 bridgehead atoms. The van der Waals surface area contributed by atoms with Crippen LogP contribution >= 0.6 is 0 Å². The fourth-order valence-corrected chi connectivity index (χ4v) is 7.23. The van der Waals surface area contributed by atoms with Crippen LogP contribution in [0.5, 0.6) is 11.5 Å². The van der Waals surface area contributed by atoms with Crippen LogP contribution in [0.4, 0.5) is 16.2 Å². The number of rotatable bonds is 8. The number of hydrogen-bond donors (Lipinski definition) is 1. The summed E-state index contributed by atoms with van der Waals surface area (Å²) in [5, 5.41) is 19.6. The van der Waals surface area contributed by atoms with E-state index in [1.165, 1.54) is 12.0 Å². The number of aromatic nitrogens is 1. The van der Waals surface area contributed by atoms with E-state index in [1.807, 2.05) is 48.9 Å². The van der Waals surface area contributed by atoms with Crippen molar-refractivity contribution in [3.05, 3.63) is 94.2 Å². The molecule has 11 nitrogen and oxygen atoms in total. The monoisotopic (exact) mass is 750 g/mol. The third kappa shape index (κ3) is 8.01. The number of benzene rings is 3. The minimum Gasteiger partial charge on any atom is -0.544 e. The lowest BCUT2D eigenvalue weighted by atomic mass is 9.92. The van der Waals surface area contributed by atoms with E-state index in [4.69, 9.17) is 13.9 Å². The van der Waals surface area contributed by atoms with Gasteiger partial charge in [-0.05, 0) is 124 Å². The second kappa shape index (κ2) is 14.7. The highest BCUT2D eigenvalue weighted by molar-refractivity contribution is 6.74. The number of nitriles is 1. The Labute approximate surface area is 318 Å². The summed E-state index contributed by atoms with van der Waals surface area (Å²) in [6.45, 7) is 18.6. The molecule has 2 heterocycles. The molecule has 12 heteroatoms. The molecule has 0 saturated heterocycles. The molecule has 0 fully saturated rings. The zero-order valence-electron chi connectivity index (χ0n) is 33.1. The van der Waals surface area contributed by atoms with Crippen molar-refractivity contribution in [2.45, 2.75) is 85.2 Å². The van der Waals surface area contributed by atoms with E-state index in [1.54, 1.807) is 56.0 Å². The lowest BCUT2D eigenvalue weighted by molar-refractivity contribution is 0.00700. The molecule has 54 heavy (non-hydrogen) atoms. The second-order valence-electron chi connectivity index (χ2n) is 16.2. The van der Waals surface area contributed by atoms with E-state index in [-0.39, 0.29) is 28.6 Å². The van der Waals surface area contributed by atoms with Gasteiger partial charge in [-0.2, -0.15) is 5.26 Å². The van der Waals surface area contributed by atoms with Crippen LogP contribution in [0.3, 0.4) is 0 Å². The van der Waals surface area contributed by atoms with Gasteiger partial charge in [-0.25, -0.2) is 9.59 Å². The fourth-order valence-electron chi connectivity index (χ4n) is 6.20. The molecule has 0 atom stereocenters. The number of carbonyl (C=O) groups is 3. The van der Waals surface area contributed by atoms with Crippen LogP contribution in [-0.2, 0) is 24.8 Å². The minimum absolute atomic E-state index is 0.00672. The first-order chi connectivity index (χ1) is 25.2. The maximum Gasteiger partial charge on any atom is 0.407 e. The molecule has 0 saturated carbocycles. The van der Waals surface area contributed by atoms with Gasteiger partial charge in [-0.3, -0.25) is 9.69 Å². The first kappa shape index (κ1) is 39.7. The van der Waals surface area contributed by atoms with Crippen LogP contribution in [0, 0.1) is 18.3 Å². The molecular formula is C42H50N4O7Si. The van der Waals surface area contributed by atoms with Crippen molar-refractivity contribution in [2.24, 2.45) is 7.05 Å². The Kier molecular flexibility index (Phi) is 10.8. The van der Waals surface area contributed by atoms with Crippen LogP contribution in [-0.4, -0.2) is 60.1 Å². The fraction of sp³-hybridized carbons (Fsp3) is 0.381. The number of anilines is 2. The summed E-state index contributed by atoms with van der Waals surface area (Å²) in [6.07, 6.45) is -0.550.